The van der Waals surface area contributed by atoms with Gasteiger partial charge in [0, 0.05) is 6.42 Å². The summed E-state index contributed by atoms with van der Waals surface area (Å²) in [6, 6.07) is 0. The van der Waals surface area contributed by atoms with Crippen LogP contribution in [0.15, 0.2) is 11.6 Å². The van der Waals surface area contributed by atoms with Gasteiger partial charge in [-0.25, -0.2) is 0 Å². The summed E-state index contributed by atoms with van der Waals surface area (Å²) in [7, 11) is 0. The largest absolute Gasteiger partial charge is 0.462 e. The lowest BCUT2D eigenvalue weighted by atomic mass is 9.47. The molecule has 4 heteroatoms. The summed E-state index contributed by atoms with van der Waals surface area (Å²) in [5.74, 6) is 4.42. The second-order valence-corrected chi connectivity index (χ2v) is 15.7. The Bertz CT molecular complexity index is 912. The van der Waals surface area contributed by atoms with Crippen molar-refractivity contribution < 1.29 is 19.1 Å². The molecule has 222 valence electrons. The quantitative estimate of drug-likeness (QED) is 0.215. The van der Waals surface area contributed by atoms with E-state index in [0.29, 0.717) is 5.41 Å². The molecule has 39 heavy (non-hydrogen) atoms. The fourth-order valence-electron chi connectivity index (χ4n) is 9.59. The van der Waals surface area contributed by atoms with E-state index in [9.17, 15) is 9.59 Å². The summed E-state index contributed by atoms with van der Waals surface area (Å²) in [5, 5.41) is 0. The second kappa shape index (κ2) is 11.9. The van der Waals surface area contributed by atoms with Gasteiger partial charge in [-0.2, -0.15) is 0 Å². The Morgan fingerprint density at radius 2 is 1.67 bits per heavy atom. The van der Waals surface area contributed by atoms with Gasteiger partial charge in [-0.3, -0.25) is 9.59 Å². The van der Waals surface area contributed by atoms with E-state index in [0.717, 1.165) is 54.8 Å². The average Bonchev–Trinajstić information content (AvgIpc) is 3.19. The van der Waals surface area contributed by atoms with E-state index in [1.807, 2.05) is 20.8 Å². The zero-order valence-corrected chi connectivity index (χ0v) is 26.4. The van der Waals surface area contributed by atoms with E-state index in [4.69, 9.17) is 9.47 Å². The van der Waals surface area contributed by atoms with Gasteiger partial charge >= 0.3 is 11.9 Å². The highest BCUT2D eigenvalue weighted by Crippen LogP contribution is 2.67. The molecule has 3 saturated carbocycles. The van der Waals surface area contributed by atoms with Crippen molar-refractivity contribution in [1.29, 1.82) is 0 Å². The third-order valence-corrected chi connectivity index (χ3v) is 11.5. The molecule has 3 unspecified atom stereocenters. The summed E-state index contributed by atoms with van der Waals surface area (Å²) in [5.41, 5.74) is 1.79. The van der Waals surface area contributed by atoms with Crippen molar-refractivity contribution in [3.8, 4) is 0 Å². The normalized spacial score (nSPS) is 36.8. The van der Waals surface area contributed by atoms with Crippen LogP contribution in [0.3, 0.4) is 0 Å². The second-order valence-electron chi connectivity index (χ2n) is 15.7. The van der Waals surface area contributed by atoms with Gasteiger partial charge in [-0.15, -0.1) is 0 Å². The van der Waals surface area contributed by atoms with Gasteiger partial charge in [-0.1, -0.05) is 65.5 Å². The topological polar surface area (TPSA) is 52.6 Å². The Balaban J connectivity index is 1.34. The maximum absolute atomic E-state index is 12.5. The molecule has 3 fully saturated rings. The fraction of sp³-hybridized carbons (Fsp3) is 0.886. The van der Waals surface area contributed by atoms with Crippen molar-refractivity contribution in [2.45, 2.75) is 151 Å². The van der Waals surface area contributed by atoms with Gasteiger partial charge in [-0.05, 0) is 112 Å². The number of allylic oxidation sites excluding steroid dienone is 1. The Kier molecular flexibility index (Phi) is 9.34. The minimum absolute atomic E-state index is 0.0524. The van der Waals surface area contributed by atoms with Crippen LogP contribution in [0.4, 0.5) is 0 Å². The van der Waals surface area contributed by atoms with Crippen molar-refractivity contribution in [1.82, 2.24) is 0 Å². The number of hydrogen-bond donors (Lipinski definition) is 0. The van der Waals surface area contributed by atoms with Gasteiger partial charge < -0.3 is 9.47 Å². The number of fused-ring (bicyclic) bond motifs is 5. The van der Waals surface area contributed by atoms with Crippen LogP contribution >= 0.6 is 0 Å². The van der Waals surface area contributed by atoms with Gasteiger partial charge in [0.1, 0.15) is 11.7 Å². The predicted molar refractivity (Wildman–Crippen MR) is 158 cm³/mol. The molecular formula is C35H58O4. The van der Waals surface area contributed by atoms with E-state index in [2.05, 4.69) is 40.7 Å². The molecule has 0 saturated heterocycles. The molecule has 0 N–H and O–H groups in total. The summed E-state index contributed by atoms with van der Waals surface area (Å²) < 4.78 is 11.2. The zero-order chi connectivity index (χ0) is 28.6. The highest BCUT2D eigenvalue weighted by Gasteiger charge is 2.59. The van der Waals surface area contributed by atoms with E-state index >= 15 is 0 Å². The Labute approximate surface area is 239 Å². The molecule has 4 rings (SSSR count). The lowest BCUT2D eigenvalue weighted by molar-refractivity contribution is -0.160. The minimum Gasteiger partial charge on any atom is -0.462 e. The van der Waals surface area contributed by atoms with Crippen LogP contribution < -0.4 is 0 Å². The van der Waals surface area contributed by atoms with E-state index in [-0.39, 0.29) is 36.3 Å². The average molecular weight is 543 g/mol. The maximum atomic E-state index is 12.5. The number of carbonyl (C=O) groups excluding carboxylic acids is 2. The Morgan fingerprint density at radius 3 is 2.36 bits per heavy atom. The Morgan fingerprint density at radius 1 is 0.949 bits per heavy atom. The molecule has 0 aromatic rings. The molecule has 4 aliphatic rings. The molecule has 4 nitrogen and oxygen atoms in total. The van der Waals surface area contributed by atoms with Crippen molar-refractivity contribution in [2.24, 2.45) is 46.3 Å². The number of hydrogen-bond acceptors (Lipinski definition) is 4. The number of rotatable bonds is 9. The molecule has 8 atom stereocenters. The lowest BCUT2D eigenvalue weighted by Crippen LogP contribution is -2.51. The number of ether oxygens (including phenoxy) is 2. The van der Waals surface area contributed by atoms with Gasteiger partial charge in [0.2, 0.25) is 0 Å². The molecule has 0 aromatic carbocycles. The van der Waals surface area contributed by atoms with Crippen molar-refractivity contribution in [3.05, 3.63) is 11.6 Å². The minimum atomic E-state index is -0.526. The number of esters is 2. The molecule has 0 radical (unpaired) electrons. The van der Waals surface area contributed by atoms with Crippen LogP contribution in [-0.2, 0) is 19.1 Å². The monoisotopic (exact) mass is 542 g/mol. The highest BCUT2D eigenvalue weighted by molar-refractivity contribution is 5.78. The first-order valence-corrected chi connectivity index (χ1v) is 16.3. The van der Waals surface area contributed by atoms with Crippen LogP contribution in [0.5, 0.6) is 0 Å². The van der Waals surface area contributed by atoms with Crippen molar-refractivity contribution >= 4 is 11.9 Å². The summed E-state index contributed by atoms with van der Waals surface area (Å²) in [4.78, 5) is 24.6. The van der Waals surface area contributed by atoms with Crippen LogP contribution in [0.25, 0.3) is 0 Å². The van der Waals surface area contributed by atoms with Crippen LogP contribution in [0.1, 0.15) is 139 Å². The third kappa shape index (κ3) is 6.78. The van der Waals surface area contributed by atoms with Crippen molar-refractivity contribution in [3.63, 3.8) is 0 Å². The third-order valence-electron chi connectivity index (χ3n) is 11.5. The first-order chi connectivity index (χ1) is 18.2. The molecule has 0 aromatic heterocycles. The van der Waals surface area contributed by atoms with Gasteiger partial charge in [0.25, 0.3) is 0 Å². The van der Waals surface area contributed by atoms with E-state index in [1.54, 1.807) is 5.57 Å². The molecule has 0 aliphatic heterocycles. The molecular weight excluding hydrogens is 484 g/mol. The molecule has 0 bridgehead atoms. The van der Waals surface area contributed by atoms with Gasteiger partial charge in [0.15, 0.2) is 0 Å². The fourth-order valence-corrected chi connectivity index (χ4v) is 9.59. The molecule has 0 spiro atoms. The molecule has 4 aliphatic carbocycles. The summed E-state index contributed by atoms with van der Waals surface area (Å²) in [6.45, 7) is 18.0. The summed E-state index contributed by atoms with van der Waals surface area (Å²) in [6.07, 6.45) is 16.6. The SMILES string of the molecule is CC(C)CCC[C@@H](C)[C@H]1CCC2C3CC=C4C[C@@H](OC(=O)CCC(=O)OC(C)(C)C)CC[C@]4(C)C3CC[C@@]21C. The van der Waals surface area contributed by atoms with E-state index < -0.39 is 5.60 Å². The molecule has 0 heterocycles. The highest BCUT2D eigenvalue weighted by atomic mass is 16.6. The number of carbonyl (C=O) groups is 2. The smallest absolute Gasteiger partial charge is 0.306 e. The van der Waals surface area contributed by atoms with Crippen molar-refractivity contribution in [2.75, 3.05) is 0 Å². The first kappa shape index (κ1) is 30.6. The zero-order valence-electron chi connectivity index (χ0n) is 26.4. The lowest BCUT2D eigenvalue weighted by Gasteiger charge is -2.58. The standard InChI is InChI=1S/C35H58O4/c1-23(2)10-9-11-24(3)28-14-15-29-27-13-12-25-22-26(38-31(36)16-17-32(37)39-33(4,5)6)18-20-34(25,7)30(27)19-21-35(28,29)8/h12,23-24,26-30H,9-11,13-22H2,1-8H3/t24-,26+,27?,28-,29?,30?,34+,35-/m1/s1. The molecule has 0 amide bonds. The van der Waals surface area contributed by atoms with Crippen LogP contribution in [0, 0.1) is 46.3 Å². The Hall–Kier alpha value is -1.32. The maximum Gasteiger partial charge on any atom is 0.306 e. The van der Waals surface area contributed by atoms with Crippen LogP contribution in [0.2, 0.25) is 0 Å². The summed E-state index contributed by atoms with van der Waals surface area (Å²) >= 11 is 0. The van der Waals surface area contributed by atoms with Gasteiger partial charge in [0.05, 0.1) is 12.8 Å². The predicted octanol–water partition coefficient (Wildman–Crippen LogP) is 9.06. The van der Waals surface area contributed by atoms with E-state index in [1.165, 1.54) is 51.4 Å². The first-order valence-electron chi connectivity index (χ1n) is 16.3. The van der Waals surface area contributed by atoms with Crippen LogP contribution in [-0.4, -0.2) is 23.6 Å².